The van der Waals surface area contributed by atoms with Crippen LogP contribution < -0.4 is 0 Å². The van der Waals surface area contributed by atoms with Crippen molar-refractivity contribution in [2.24, 2.45) is 17.8 Å². The monoisotopic (exact) mass is 827 g/mol. The number of unbranched alkanes of at least 4 members (excludes halogenated alkanes) is 1. The van der Waals surface area contributed by atoms with Gasteiger partial charge < -0.3 is 38.6 Å². The summed E-state index contributed by atoms with van der Waals surface area (Å²) in [6.07, 6.45) is -3.21. The van der Waals surface area contributed by atoms with Crippen LogP contribution in [0.15, 0.2) is 36.4 Å². The normalized spacial score (nSPS) is 37.6. The van der Waals surface area contributed by atoms with E-state index < -0.39 is 83.1 Å². The number of cyclic esters (lactones) is 1. The third kappa shape index (κ3) is 9.22. The molecule has 3 aliphatic heterocycles. The molecule has 1 unspecified atom stereocenters. The summed E-state index contributed by atoms with van der Waals surface area (Å²) in [5.74, 6) is -5.71. The van der Waals surface area contributed by atoms with Crippen molar-refractivity contribution in [2.75, 3.05) is 27.7 Å². The van der Waals surface area contributed by atoms with Crippen LogP contribution in [0.3, 0.4) is 0 Å². The number of amides is 1. The highest BCUT2D eigenvalue weighted by molar-refractivity contribution is 6.08. The van der Waals surface area contributed by atoms with Crippen molar-refractivity contribution >= 4 is 34.5 Å². The Kier molecular flexibility index (Phi) is 14.7. The molecule has 0 spiro atoms. The third-order valence-electron chi connectivity index (χ3n) is 13.3. The number of esters is 1. The zero-order valence-electron chi connectivity index (χ0n) is 36.7. The Morgan fingerprint density at radius 1 is 1.00 bits per heavy atom. The molecule has 1 amide bonds. The highest BCUT2D eigenvalue weighted by Gasteiger charge is 2.63. The van der Waals surface area contributed by atoms with Crippen LogP contribution >= 0.6 is 0 Å². The molecule has 13 atom stereocenters. The summed E-state index contributed by atoms with van der Waals surface area (Å²) in [6, 6.07) is 10.7. The fraction of sp³-hybridized carbons (Fsp3) is 0.711. The maximum Gasteiger partial charge on any atom is 0.410 e. The number of carbonyl (C=O) groups is 4. The minimum absolute atomic E-state index is 0.00843. The SMILES string of the molecule is CC[C@H]1OC(=O)[C@@](C)(F)C(=O)[C@H](C)[C@@H](OC2O[C@H](C)C[C@H](N(C)C)[C@H]2O)[C@@](C)(OC)C[C@@H](C)C(=O)[C@H](C)[C@H]2N(CCCCc3ccc4ccccc4n3)C(=O)O[C@]12CC. The van der Waals surface area contributed by atoms with Crippen molar-refractivity contribution in [3.05, 3.63) is 42.1 Å². The maximum atomic E-state index is 17.0. The second-order valence-electron chi connectivity index (χ2n) is 17.7. The van der Waals surface area contributed by atoms with E-state index in [-0.39, 0.29) is 43.7 Å². The first-order valence-electron chi connectivity index (χ1n) is 21.3. The largest absolute Gasteiger partial charge is 0.455 e. The number of fused-ring (bicyclic) bond motifs is 2. The number of benzene rings is 1. The van der Waals surface area contributed by atoms with Gasteiger partial charge in [0.2, 0.25) is 0 Å². The number of aromatic nitrogens is 1. The molecule has 3 fully saturated rings. The van der Waals surface area contributed by atoms with Crippen molar-refractivity contribution in [2.45, 2.75) is 160 Å². The van der Waals surface area contributed by atoms with Crippen LogP contribution in [0.5, 0.6) is 0 Å². The first-order chi connectivity index (χ1) is 27.8. The van der Waals surface area contributed by atoms with Crippen molar-refractivity contribution in [3.63, 3.8) is 0 Å². The van der Waals surface area contributed by atoms with E-state index in [1.165, 1.54) is 14.0 Å². The standard InChI is InChI=1S/C45H66FN3O10/c1-12-34-45(13-2)37(49(42(54)59-45)23-17-16-19-31-22-21-30-18-14-15-20-32(30)47-31)28(5)35(50)26(3)25-43(7,55-11)39(29(6)38(52)44(8,46)41(53)57-34)58-40-36(51)33(48(9)10)24-27(4)56-40/h14-15,18,20-22,26-29,33-34,36-37,39-40,51H,12-13,16-17,19,23-25H2,1-11H3/t26-,27-,28+,29+,33+,34-,36-,37-,39-,40?,43+,44+,45-/m1/s1. The van der Waals surface area contributed by atoms with Crippen molar-refractivity contribution in [1.82, 2.24) is 14.8 Å². The summed E-state index contributed by atoms with van der Waals surface area (Å²) < 4.78 is 47.9. The Hall–Kier alpha value is -3.56. The van der Waals surface area contributed by atoms with Crippen LogP contribution in [0, 0.1) is 17.8 Å². The third-order valence-corrected chi connectivity index (χ3v) is 13.3. The predicted octanol–water partition coefficient (Wildman–Crippen LogP) is 6.24. The highest BCUT2D eigenvalue weighted by atomic mass is 19.1. The molecule has 328 valence electrons. The van der Waals surface area contributed by atoms with E-state index in [4.69, 9.17) is 28.7 Å². The minimum atomic E-state index is -3.17. The smallest absolute Gasteiger partial charge is 0.410 e. The van der Waals surface area contributed by atoms with Crippen LogP contribution in [-0.4, -0.2) is 131 Å². The number of nitrogens with zero attached hydrogens (tertiary/aromatic N) is 3. The number of hydrogen-bond acceptors (Lipinski definition) is 12. The lowest BCUT2D eigenvalue weighted by Crippen LogP contribution is -2.62. The summed E-state index contributed by atoms with van der Waals surface area (Å²) in [5, 5.41) is 12.5. The molecule has 3 aliphatic rings. The number of aliphatic hydroxyl groups excluding tert-OH is 1. The van der Waals surface area contributed by atoms with E-state index in [1.54, 1.807) is 39.5 Å². The number of alkyl halides is 1. The van der Waals surface area contributed by atoms with Gasteiger partial charge >= 0.3 is 12.1 Å². The summed E-state index contributed by atoms with van der Waals surface area (Å²) in [4.78, 5) is 65.3. The molecule has 5 rings (SSSR count). The lowest BCUT2D eigenvalue weighted by Gasteiger charge is -2.47. The number of carbonyl (C=O) groups excluding carboxylic acids is 4. The van der Waals surface area contributed by atoms with Gasteiger partial charge in [0.25, 0.3) is 5.67 Å². The molecule has 1 aromatic carbocycles. The number of para-hydroxylation sites is 1. The molecule has 0 saturated carbocycles. The lowest BCUT2D eigenvalue weighted by molar-refractivity contribution is -0.295. The number of methoxy groups -OCH3 is 1. The zero-order chi connectivity index (χ0) is 43.6. The van der Waals surface area contributed by atoms with Gasteiger partial charge in [0.05, 0.1) is 29.4 Å². The van der Waals surface area contributed by atoms with Gasteiger partial charge in [-0.3, -0.25) is 14.6 Å². The second-order valence-corrected chi connectivity index (χ2v) is 17.7. The molecule has 14 heteroatoms. The predicted molar refractivity (Wildman–Crippen MR) is 219 cm³/mol. The number of aliphatic hydroxyl groups is 1. The van der Waals surface area contributed by atoms with E-state index in [9.17, 15) is 24.3 Å². The molecule has 0 bridgehead atoms. The molecular weight excluding hydrogens is 762 g/mol. The number of Topliss-reactive ketones (excluding diaryl/α,β-unsaturated/α-hetero) is 2. The Morgan fingerprint density at radius 3 is 2.34 bits per heavy atom. The maximum absolute atomic E-state index is 17.0. The number of hydrogen-bond donors (Lipinski definition) is 1. The average Bonchev–Trinajstić information content (AvgIpc) is 3.50. The topological polar surface area (TPSA) is 154 Å². The van der Waals surface area contributed by atoms with Crippen LogP contribution in [0.2, 0.25) is 0 Å². The van der Waals surface area contributed by atoms with Crippen LogP contribution in [-0.2, 0) is 44.5 Å². The van der Waals surface area contributed by atoms with E-state index in [0.29, 0.717) is 25.7 Å². The van der Waals surface area contributed by atoms with Crippen molar-refractivity contribution in [3.8, 4) is 0 Å². The van der Waals surface area contributed by atoms with Gasteiger partial charge in [0.1, 0.15) is 18.0 Å². The van der Waals surface area contributed by atoms with Gasteiger partial charge in [-0.25, -0.2) is 14.0 Å². The number of likely N-dealkylation sites (N-methyl/N-ethyl adjacent to an activating group) is 1. The Labute approximate surface area is 348 Å². The number of rotatable bonds is 11. The molecule has 4 heterocycles. The summed E-state index contributed by atoms with van der Waals surface area (Å²) in [6.45, 7) is 13.1. The van der Waals surface area contributed by atoms with Crippen LogP contribution in [0.1, 0.15) is 99.6 Å². The zero-order valence-corrected chi connectivity index (χ0v) is 36.7. The number of ketones is 2. The van der Waals surface area contributed by atoms with E-state index in [1.807, 2.05) is 62.3 Å². The van der Waals surface area contributed by atoms with Gasteiger partial charge in [-0.2, -0.15) is 0 Å². The van der Waals surface area contributed by atoms with Gasteiger partial charge in [-0.15, -0.1) is 0 Å². The number of aryl methyl sites for hydroxylation is 1. The van der Waals surface area contributed by atoms with Crippen molar-refractivity contribution in [1.29, 1.82) is 0 Å². The number of ether oxygens (including phenoxy) is 5. The van der Waals surface area contributed by atoms with Gasteiger partial charge in [-0.1, -0.05) is 58.9 Å². The summed E-state index contributed by atoms with van der Waals surface area (Å²) >= 11 is 0. The Balaban J connectivity index is 1.50. The summed E-state index contributed by atoms with van der Waals surface area (Å²) in [5.41, 5.74) is -4.33. The highest BCUT2D eigenvalue weighted by Crippen LogP contribution is 2.45. The summed E-state index contributed by atoms with van der Waals surface area (Å²) in [7, 11) is 5.07. The minimum Gasteiger partial charge on any atom is -0.455 e. The number of halogens is 1. The van der Waals surface area contributed by atoms with Crippen molar-refractivity contribution < 1.29 is 52.4 Å². The average molecular weight is 828 g/mol. The quantitative estimate of drug-likeness (QED) is 0.155. The molecule has 59 heavy (non-hydrogen) atoms. The number of pyridine rings is 1. The van der Waals surface area contributed by atoms with Crippen LogP contribution in [0.25, 0.3) is 10.9 Å². The van der Waals surface area contributed by atoms with E-state index in [0.717, 1.165) is 23.5 Å². The lowest BCUT2D eigenvalue weighted by atomic mass is 9.72. The van der Waals surface area contributed by atoms with Crippen LogP contribution in [0.4, 0.5) is 9.18 Å². The molecule has 2 aromatic rings. The van der Waals surface area contributed by atoms with E-state index >= 15 is 4.39 Å². The van der Waals surface area contributed by atoms with Gasteiger partial charge in [0.15, 0.2) is 17.7 Å². The molecule has 0 radical (unpaired) electrons. The van der Waals surface area contributed by atoms with Gasteiger partial charge in [0, 0.05) is 48.5 Å². The molecule has 1 aromatic heterocycles. The molecule has 0 aliphatic carbocycles. The fourth-order valence-corrected chi connectivity index (χ4v) is 9.84. The fourth-order valence-electron chi connectivity index (χ4n) is 9.84. The first-order valence-corrected chi connectivity index (χ1v) is 21.3. The Bertz CT molecular complexity index is 1830. The molecular formula is C45H66FN3O10. The second kappa shape index (κ2) is 18.6. The molecule has 13 nitrogen and oxygen atoms in total. The first kappa shape index (κ1) is 46.5. The molecule has 3 saturated heterocycles. The molecule has 1 N–H and O–H groups in total. The Morgan fingerprint density at radius 2 is 1.69 bits per heavy atom. The van der Waals surface area contributed by atoms with Gasteiger partial charge in [-0.05, 0) is 91.9 Å². The van der Waals surface area contributed by atoms with E-state index in [2.05, 4.69) is 0 Å².